The Morgan fingerprint density at radius 2 is 2.21 bits per heavy atom. The van der Waals surface area contributed by atoms with Crippen molar-refractivity contribution in [1.82, 2.24) is 5.32 Å². The summed E-state index contributed by atoms with van der Waals surface area (Å²) in [6.45, 7) is 3.83. The van der Waals surface area contributed by atoms with E-state index in [2.05, 4.69) is 5.32 Å². The molecule has 1 fully saturated rings. The summed E-state index contributed by atoms with van der Waals surface area (Å²) < 4.78 is 11.1. The Hall–Kier alpha value is -0.420. The molecule has 0 aromatic rings. The van der Waals surface area contributed by atoms with E-state index in [0.717, 1.165) is 6.42 Å². The van der Waals surface area contributed by atoms with Crippen LogP contribution in [-0.4, -0.2) is 33.7 Å². The minimum atomic E-state index is -0.749. The van der Waals surface area contributed by atoms with Gasteiger partial charge in [0, 0.05) is 28.3 Å². The van der Waals surface area contributed by atoms with Crippen molar-refractivity contribution >= 4 is 16.7 Å². The molecule has 4 nitrogen and oxygen atoms in total. The van der Waals surface area contributed by atoms with Gasteiger partial charge in [-0.15, -0.1) is 0 Å². The molecule has 1 aliphatic rings. The predicted octanol–water partition coefficient (Wildman–Crippen LogP) is -0.393. The molecule has 0 aliphatic carbocycles. The Morgan fingerprint density at radius 1 is 1.57 bits per heavy atom. The first-order chi connectivity index (χ1) is 6.50. The fraction of sp³-hybridized carbons (Fsp3) is 0.889. The maximum Gasteiger partial charge on any atom is 0.237 e. The fourth-order valence-corrected chi connectivity index (χ4v) is 2.79. The van der Waals surface area contributed by atoms with E-state index in [0.29, 0.717) is 11.5 Å². The smallest absolute Gasteiger partial charge is 0.237 e. The summed E-state index contributed by atoms with van der Waals surface area (Å²) in [5, 5.41) is 2.83. The SMILES string of the molecule is CC(C)[C@H](N)C(=O)NC1CCS(=O)C1. The number of hydrogen-bond acceptors (Lipinski definition) is 3. The highest BCUT2D eigenvalue weighted by Crippen LogP contribution is 2.08. The van der Waals surface area contributed by atoms with Crippen LogP contribution in [0.25, 0.3) is 0 Å². The van der Waals surface area contributed by atoms with Gasteiger partial charge in [-0.3, -0.25) is 9.00 Å². The van der Waals surface area contributed by atoms with Crippen molar-refractivity contribution in [3.05, 3.63) is 0 Å². The summed E-state index contributed by atoms with van der Waals surface area (Å²) in [6, 6.07) is -0.392. The lowest BCUT2D eigenvalue weighted by atomic mass is 10.0. The largest absolute Gasteiger partial charge is 0.351 e. The molecule has 3 N–H and O–H groups in total. The number of rotatable bonds is 3. The van der Waals surface area contributed by atoms with Crippen LogP contribution >= 0.6 is 0 Å². The van der Waals surface area contributed by atoms with E-state index >= 15 is 0 Å². The minimum Gasteiger partial charge on any atom is -0.351 e. The van der Waals surface area contributed by atoms with Gasteiger partial charge in [0.2, 0.25) is 5.91 Å². The lowest BCUT2D eigenvalue weighted by molar-refractivity contribution is -0.123. The van der Waals surface area contributed by atoms with Crippen LogP contribution in [0.3, 0.4) is 0 Å². The third-order valence-electron chi connectivity index (χ3n) is 2.45. The van der Waals surface area contributed by atoms with E-state index in [1.807, 2.05) is 13.8 Å². The molecule has 1 rings (SSSR count). The van der Waals surface area contributed by atoms with Crippen molar-refractivity contribution in [2.75, 3.05) is 11.5 Å². The van der Waals surface area contributed by atoms with Crippen LogP contribution in [0.5, 0.6) is 0 Å². The van der Waals surface area contributed by atoms with Gasteiger partial charge in [0.05, 0.1) is 6.04 Å². The Balaban J connectivity index is 2.37. The Labute approximate surface area is 87.1 Å². The van der Waals surface area contributed by atoms with Gasteiger partial charge < -0.3 is 11.1 Å². The van der Waals surface area contributed by atoms with E-state index in [1.54, 1.807) is 0 Å². The molecule has 0 spiro atoms. The summed E-state index contributed by atoms with van der Waals surface area (Å²) in [5.41, 5.74) is 5.68. The van der Waals surface area contributed by atoms with Crippen molar-refractivity contribution < 1.29 is 9.00 Å². The standard InChI is InChI=1S/C9H18N2O2S/c1-6(2)8(10)9(12)11-7-3-4-14(13)5-7/h6-8H,3-5,10H2,1-2H3,(H,11,12)/t7?,8-,14?/m0/s1. The first-order valence-electron chi connectivity index (χ1n) is 4.91. The van der Waals surface area contributed by atoms with Crippen LogP contribution in [0.4, 0.5) is 0 Å². The highest BCUT2D eigenvalue weighted by Gasteiger charge is 2.25. The molecule has 0 radical (unpaired) electrons. The van der Waals surface area contributed by atoms with E-state index in [9.17, 15) is 9.00 Å². The molecule has 3 atom stereocenters. The third-order valence-corrected chi connectivity index (χ3v) is 3.91. The molecular weight excluding hydrogens is 200 g/mol. The zero-order valence-electron chi connectivity index (χ0n) is 8.66. The molecule has 0 aromatic carbocycles. The molecular formula is C9H18N2O2S. The zero-order chi connectivity index (χ0) is 10.7. The molecule has 1 saturated heterocycles. The van der Waals surface area contributed by atoms with Gasteiger partial charge in [-0.25, -0.2) is 0 Å². The maximum atomic E-state index is 11.5. The van der Waals surface area contributed by atoms with Gasteiger partial charge in [0.25, 0.3) is 0 Å². The van der Waals surface area contributed by atoms with E-state index in [4.69, 9.17) is 5.73 Å². The van der Waals surface area contributed by atoms with E-state index < -0.39 is 16.8 Å². The Morgan fingerprint density at radius 3 is 2.64 bits per heavy atom. The molecule has 14 heavy (non-hydrogen) atoms. The summed E-state index contributed by atoms with van der Waals surface area (Å²) in [7, 11) is -0.749. The first-order valence-corrected chi connectivity index (χ1v) is 6.40. The highest BCUT2D eigenvalue weighted by atomic mass is 32.2. The summed E-state index contributed by atoms with van der Waals surface area (Å²) in [4.78, 5) is 11.5. The number of amides is 1. The van der Waals surface area contributed by atoms with Gasteiger partial charge in [-0.2, -0.15) is 0 Å². The lowest BCUT2D eigenvalue weighted by Crippen LogP contribution is -2.48. The summed E-state index contributed by atoms with van der Waals surface area (Å²) in [5.74, 6) is 1.30. The summed E-state index contributed by atoms with van der Waals surface area (Å²) >= 11 is 0. The van der Waals surface area contributed by atoms with Crippen LogP contribution < -0.4 is 11.1 Å². The van der Waals surface area contributed by atoms with Crippen LogP contribution in [-0.2, 0) is 15.6 Å². The fourth-order valence-electron chi connectivity index (χ4n) is 1.38. The van der Waals surface area contributed by atoms with Crippen molar-refractivity contribution in [3.63, 3.8) is 0 Å². The second-order valence-corrected chi connectivity index (χ2v) is 5.70. The van der Waals surface area contributed by atoms with Crippen LogP contribution in [0, 0.1) is 5.92 Å². The molecule has 0 aromatic heterocycles. The monoisotopic (exact) mass is 218 g/mol. The quantitative estimate of drug-likeness (QED) is 0.677. The Kier molecular flexibility index (Phi) is 4.07. The molecule has 5 heteroatoms. The van der Waals surface area contributed by atoms with Gasteiger partial charge in [-0.1, -0.05) is 13.8 Å². The normalized spacial score (nSPS) is 29.1. The average Bonchev–Trinajstić information content (AvgIpc) is 2.49. The second-order valence-electron chi connectivity index (χ2n) is 4.07. The van der Waals surface area contributed by atoms with Crippen molar-refractivity contribution in [1.29, 1.82) is 0 Å². The maximum absolute atomic E-state index is 11.5. The van der Waals surface area contributed by atoms with Crippen molar-refractivity contribution in [2.24, 2.45) is 11.7 Å². The van der Waals surface area contributed by atoms with Gasteiger partial charge in [0.15, 0.2) is 0 Å². The van der Waals surface area contributed by atoms with E-state index in [1.165, 1.54) is 0 Å². The molecule has 2 unspecified atom stereocenters. The topological polar surface area (TPSA) is 72.2 Å². The molecule has 0 saturated carbocycles. The number of carbonyl (C=O) groups excluding carboxylic acids is 1. The number of nitrogens with two attached hydrogens (primary N) is 1. The molecule has 1 aliphatic heterocycles. The molecule has 1 amide bonds. The minimum absolute atomic E-state index is 0.0631. The number of nitrogens with one attached hydrogen (secondary N) is 1. The van der Waals surface area contributed by atoms with Crippen molar-refractivity contribution in [2.45, 2.75) is 32.4 Å². The summed E-state index contributed by atoms with van der Waals surface area (Å²) in [6.07, 6.45) is 0.809. The number of carbonyl (C=O) groups is 1. The first kappa shape index (κ1) is 11.7. The van der Waals surface area contributed by atoms with Gasteiger partial charge in [-0.05, 0) is 12.3 Å². The molecule has 0 bridgehead atoms. The molecule has 82 valence electrons. The zero-order valence-corrected chi connectivity index (χ0v) is 9.47. The van der Waals surface area contributed by atoms with Crippen LogP contribution in [0.15, 0.2) is 0 Å². The predicted molar refractivity (Wildman–Crippen MR) is 57.2 cm³/mol. The van der Waals surface area contributed by atoms with Crippen LogP contribution in [0.2, 0.25) is 0 Å². The van der Waals surface area contributed by atoms with Gasteiger partial charge in [0.1, 0.15) is 0 Å². The third kappa shape index (κ3) is 3.06. The lowest BCUT2D eigenvalue weighted by Gasteiger charge is -2.18. The molecule has 1 heterocycles. The highest BCUT2D eigenvalue weighted by molar-refractivity contribution is 7.85. The van der Waals surface area contributed by atoms with E-state index in [-0.39, 0.29) is 17.9 Å². The van der Waals surface area contributed by atoms with Crippen molar-refractivity contribution in [3.8, 4) is 0 Å². The Bertz CT molecular complexity index is 243. The second kappa shape index (κ2) is 4.89. The van der Waals surface area contributed by atoms with Gasteiger partial charge >= 0.3 is 0 Å². The number of hydrogen-bond donors (Lipinski definition) is 2. The van der Waals surface area contributed by atoms with Crippen LogP contribution in [0.1, 0.15) is 20.3 Å². The average molecular weight is 218 g/mol.